The summed E-state index contributed by atoms with van der Waals surface area (Å²) >= 11 is 0. The molecule has 2 atom stereocenters. The molecule has 0 spiro atoms. The van der Waals surface area contributed by atoms with Gasteiger partial charge in [-0.05, 0) is 26.1 Å². The van der Waals surface area contributed by atoms with Crippen LogP contribution >= 0.6 is 0 Å². The third-order valence-electron chi connectivity index (χ3n) is 2.08. The van der Waals surface area contributed by atoms with Crippen LogP contribution < -0.4 is 10.6 Å². The van der Waals surface area contributed by atoms with Gasteiger partial charge in [0.05, 0.1) is 24.4 Å². The molecule has 0 bridgehead atoms. The van der Waals surface area contributed by atoms with E-state index >= 15 is 0 Å². The molecule has 1 rings (SSSR count). The fourth-order valence-electron chi connectivity index (χ4n) is 1.02. The predicted molar refractivity (Wildman–Crippen MR) is 63.6 cm³/mol. The van der Waals surface area contributed by atoms with Gasteiger partial charge in [0.25, 0.3) is 0 Å². The van der Waals surface area contributed by atoms with Crippen LogP contribution in [0.3, 0.4) is 0 Å². The van der Waals surface area contributed by atoms with Crippen molar-refractivity contribution in [1.82, 2.24) is 10.6 Å². The zero-order chi connectivity index (χ0) is 11.5. The van der Waals surface area contributed by atoms with E-state index in [0.29, 0.717) is 0 Å². The molecule has 15 heavy (non-hydrogen) atoms. The lowest BCUT2D eigenvalue weighted by Crippen LogP contribution is -2.20. The van der Waals surface area contributed by atoms with Crippen LogP contribution in [0.1, 0.15) is 20.3 Å². The Hall–Kier alpha value is -1.34. The van der Waals surface area contributed by atoms with Crippen LogP contribution in [-0.4, -0.2) is 26.0 Å². The van der Waals surface area contributed by atoms with Crippen molar-refractivity contribution >= 4 is 6.34 Å². The molecule has 0 saturated heterocycles. The number of nitriles is 1. The SMILES string of the molecule is CCC(C#N)C1C=CNC=N1.CCNC. The molecule has 0 aliphatic carbocycles. The number of nitrogens with one attached hydrogen (secondary N) is 2. The van der Waals surface area contributed by atoms with Gasteiger partial charge in [-0.25, -0.2) is 0 Å². The highest BCUT2D eigenvalue weighted by Crippen LogP contribution is 2.12. The Morgan fingerprint density at radius 1 is 1.60 bits per heavy atom. The van der Waals surface area contributed by atoms with E-state index in [0.717, 1.165) is 13.0 Å². The molecule has 0 fully saturated rings. The third-order valence-corrected chi connectivity index (χ3v) is 2.08. The number of hydrogen-bond acceptors (Lipinski definition) is 4. The summed E-state index contributed by atoms with van der Waals surface area (Å²) < 4.78 is 0. The highest BCUT2D eigenvalue weighted by atomic mass is 15.0. The van der Waals surface area contributed by atoms with Crippen molar-refractivity contribution in [2.75, 3.05) is 13.6 Å². The molecule has 4 nitrogen and oxygen atoms in total. The Morgan fingerprint density at radius 3 is 2.60 bits per heavy atom. The van der Waals surface area contributed by atoms with Gasteiger partial charge < -0.3 is 10.6 Å². The summed E-state index contributed by atoms with van der Waals surface area (Å²) in [5.74, 6) is 0.0181. The van der Waals surface area contributed by atoms with Gasteiger partial charge in [-0.15, -0.1) is 0 Å². The smallest absolute Gasteiger partial charge is 0.0872 e. The quantitative estimate of drug-likeness (QED) is 0.734. The first-order valence-corrected chi connectivity index (χ1v) is 5.28. The van der Waals surface area contributed by atoms with Gasteiger partial charge in [0.2, 0.25) is 0 Å². The van der Waals surface area contributed by atoms with E-state index in [-0.39, 0.29) is 12.0 Å². The molecule has 0 radical (unpaired) electrons. The van der Waals surface area contributed by atoms with Crippen molar-refractivity contribution < 1.29 is 0 Å². The lowest BCUT2D eigenvalue weighted by molar-refractivity contribution is 0.568. The highest BCUT2D eigenvalue weighted by Gasteiger charge is 2.15. The standard InChI is InChI=1S/C8H11N3.C3H9N/c1-2-7(5-9)8-3-4-10-6-11-8;1-3-4-2/h3-4,6-8H,2H2,1H3,(H,10,11);4H,3H2,1-2H3. The van der Waals surface area contributed by atoms with E-state index in [4.69, 9.17) is 5.26 Å². The lowest BCUT2D eigenvalue weighted by atomic mass is 9.99. The summed E-state index contributed by atoms with van der Waals surface area (Å²) in [6.45, 7) is 5.14. The fourth-order valence-corrected chi connectivity index (χ4v) is 1.02. The second-order valence-electron chi connectivity index (χ2n) is 3.15. The Morgan fingerprint density at radius 2 is 2.27 bits per heavy atom. The van der Waals surface area contributed by atoms with Crippen molar-refractivity contribution in [3.63, 3.8) is 0 Å². The topological polar surface area (TPSA) is 60.2 Å². The molecule has 1 aliphatic rings. The molecule has 0 saturated carbocycles. The minimum atomic E-state index is 0.0181. The number of nitrogens with zero attached hydrogens (tertiary/aromatic N) is 2. The Balaban J connectivity index is 0.000000423. The van der Waals surface area contributed by atoms with Crippen LogP contribution in [0, 0.1) is 17.2 Å². The van der Waals surface area contributed by atoms with Crippen molar-refractivity contribution in [3.8, 4) is 6.07 Å². The second kappa shape index (κ2) is 9.22. The first-order chi connectivity index (χ1) is 7.29. The van der Waals surface area contributed by atoms with E-state index < -0.39 is 0 Å². The maximum absolute atomic E-state index is 8.70. The Kier molecular flexibility index (Phi) is 8.40. The summed E-state index contributed by atoms with van der Waals surface area (Å²) in [6.07, 6.45) is 6.21. The number of rotatable bonds is 3. The average molecular weight is 208 g/mol. The second-order valence-corrected chi connectivity index (χ2v) is 3.15. The molecule has 0 aromatic heterocycles. The summed E-state index contributed by atoms with van der Waals surface area (Å²) in [4.78, 5) is 4.13. The molecule has 84 valence electrons. The van der Waals surface area contributed by atoms with Gasteiger partial charge >= 0.3 is 0 Å². The van der Waals surface area contributed by atoms with Gasteiger partial charge in [0, 0.05) is 6.20 Å². The summed E-state index contributed by atoms with van der Waals surface area (Å²) in [5, 5.41) is 14.5. The van der Waals surface area contributed by atoms with Gasteiger partial charge in [-0.2, -0.15) is 5.26 Å². The van der Waals surface area contributed by atoms with Crippen molar-refractivity contribution in [2.24, 2.45) is 10.9 Å². The number of hydrogen-bond donors (Lipinski definition) is 2. The highest BCUT2D eigenvalue weighted by molar-refractivity contribution is 5.58. The van der Waals surface area contributed by atoms with E-state index in [1.807, 2.05) is 26.2 Å². The van der Waals surface area contributed by atoms with Gasteiger partial charge in [-0.3, -0.25) is 4.99 Å². The molecule has 1 heterocycles. The van der Waals surface area contributed by atoms with E-state index in [2.05, 4.69) is 28.6 Å². The molecule has 4 heteroatoms. The van der Waals surface area contributed by atoms with Crippen molar-refractivity contribution in [3.05, 3.63) is 12.3 Å². The largest absolute Gasteiger partial charge is 0.353 e. The molecule has 0 amide bonds. The van der Waals surface area contributed by atoms with Crippen LogP contribution in [0.5, 0.6) is 0 Å². The first-order valence-electron chi connectivity index (χ1n) is 5.28. The monoisotopic (exact) mass is 208 g/mol. The van der Waals surface area contributed by atoms with Gasteiger partial charge in [-0.1, -0.05) is 13.8 Å². The molecule has 0 aromatic carbocycles. The Labute approximate surface area is 92.1 Å². The molecule has 2 N–H and O–H groups in total. The maximum atomic E-state index is 8.70. The normalized spacial score (nSPS) is 19.5. The minimum Gasteiger partial charge on any atom is -0.353 e. The first kappa shape index (κ1) is 13.7. The zero-order valence-corrected chi connectivity index (χ0v) is 9.70. The van der Waals surface area contributed by atoms with E-state index in [1.54, 1.807) is 6.34 Å². The molecule has 1 aliphatic heterocycles. The van der Waals surface area contributed by atoms with Crippen LogP contribution in [-0.2, 0) is 0 Å². The third kappa shape index (κ3) is 5.87. The average Bonchev–Trinajstić information content (AvgIpc) is 2.32. The predicted octanol–water partition coefficient (Wildman–Crippen LogP) is 1.28. The van der Waals surface area contributed by atoms with E-state index in [1.165, 1.54) is 0 Å². The van der Waals surface area contributed by atoms with Crippen molar-refractivity contribution in [2.45, 2.75) is 26.3 Å². The van der Waals surface area contributed by atoms with Gasteiger partial charge in [0.1, 0.15) is 0 Å². The van der Waals surface area contributed by atoms with E-state index in [9.17, 15) is 0 Å². The molecular formula is C11H20N4. The molecule has 2 unspecified atom stereocenters. The minimum absolute atomic E-state index is 0.0181. The maximum Gasteiger partial charge on any atom is 0.0872 e. The Bertz CT molecular complexity index is 225. The van der Waals surface area contributed by atoms with Crippen LogP contribution in [0.25, 0.3) is 0 Å². The molecular weight excluding hydrogens is 188 g/mol. The molecule has 0 aromatic rings. The fraction of sp³-hybridized carbons (Fsp3) is 0.636. The summed E-state index contributed by atoms with van der Waals surface area (Å²) in [5.41, 5.74) is 0. The van der Waals surface area contributed by atoms with Gasteiger partial charge in [0.15, 0.2) is 0 Å². The number of aliphatic imine (C=N–C) groups is 1. The zero-order valence-electron chi connectivity index (χ0n) is 9.70. The van der Waals surface area contributed by atoms with Crippen LogP contribution in [0.4, 0.5) is 0 Å². The van der Waals surface area contributed by atoms with Crippen LogP contribution in [0.15, 0.2) is 17.3 Å². The summed E-state index contributed by atoms with van der Waals surface area (Å²) in [7, 11) is 1.93. The van der Waals surface area contributed by atoms with Crippen molar-refractivity contribution in [1.29, 1.82) is 5.26 Å². The van der Waals surface area contributed by atoms with Crippen LogP contribution in [0.2, 0.25) is 0 Å². The lowest BCUT2D eigenvalue weighted by Gasteiger charge is -2.14. The summed E-state index contributed by atoms with van der Waals surface area (Å²) in [6, 6.07) is 2.28.